The Labute approximate surface area is 144 Å². The average Bonchev–Trinajstić information content (AvgIpc) is 2.97. The number of nitrogens with two attached hydrogens (primary N) is 1. The lowest BCUT2D eigenvalue weighted by atomic mass is 10.1. The zero-order valence-corrected chi connectivity index (χ0v) is 14.0. The van der Waals surface area contributed by atoms with E-state index < -0.39 is 0 Å². The summed E-state index contributed by atoms with van der Waals surface area (Å²) in [5, 5.41) is 0. The summed E-state index contributed by atoms with van der Waals surface area (Å²) in [6.07, 6.45) is 0.700. The van der Waals surface area contributed by atoms with E-state index in [1.54, 1.807) is 0 Å². The van der Waals surface area contributed by atoms with Crippen LogP contribution in [0.2, 0.25) is 0 Å². The van der Waals surface area contributed by atoms with Gasteiger partial charge in [0.15, 0.2) is 0 Å². The van der Waals surface area contributed by atoms with Gasteiger partial charge in [-0.05, 0) is 19.1 Å². The summed E-state index contributed by atoms with van der Waals surface area (Å²) in [6, 6.07) is 9.83. The molecule has 0 atom stereocenters. The van der Waals surface area contributed by atoms with E-state index in [2.05, 4.69) is 19.9 Å². The second-order valence-electron chi connectivity index (χ2n) is 6.22. The molecule has 7 heteroatoms. The fourth-order valence-corrected chi connectivity index (χ4v) is 3.13. The first-order valence-corrected chi connectivity index (χ1v) is 8.22. The smallest absolute Gasteiger partial charge is 0.257 e. The largest absolute Gasteiger partial charge is 0.441 e. The quantitative estimate of drug-likeness (QED) is 0.757. The first kappa shape index (κ1) is 15.6. The highest BCUT2D eigenvalue weighted by Gasteiger charge is 2.23. The third-order valence-corrected chi connectivity index (χ3v) is 4.45. The molecule has 3 aromatic rings. The number of aromatic nitrogens is 3. The molecule has 7 nitrogen and oxygen atoms in total. The van der Waals surface area contributed by atoms with Crippen LogP contribution in [0.25, 0.3) is 11.5 Å². The molecule has 0 saturated carbocycles. The van der Waals surface area contributed by atoms with E-state index in [1.807, 2.05) is 37.3 Å². The lowest BCUT2D eigenvalue weighted by Crippen LogP contribution is -2.35. The Morgan fingerprint density at radius 3 is 2.88 bits per heavy atom. The molecule has 1 aliphatic heterocycles. The zero-order valence-electron chi connectivity index (χ0n) is 14.0. The van der Waals surface area contributed by atoms with E-state index >= 15 is 0 Å². The SMILES string of the molecule is Cc1oc(-c2ccccc2)nc1CN1CCc2nc(N)[nH]c(=O)c2C1. The summed E-state index contributed by atoms with van der Waals surface area (Å²) in [4.78, 5) is 25.7. The number of aromatic amines is 1. The predicted molar refractivity (Wildman–Crippen MR) is 93.8 cm³/mol. The fraction of sp³-hybridized carbons (Fsp3) is 0.278. The molecule has 0 radical (unpaired) electrons. The van der Waals surface area contributed by atoms with Crippen LogP contribution in [0.15, 0.2) is 39.5 Å². The third-order valence-electron chi connectivity index (χ3n) is 4.45. The van der Waals surface area contributed by atoms with E-state index in [9.17, 15) is 4.79 Å². The van der Waals surface area contributed by atoms with Crippen molar-refractivity contribution >= 4 is 5.95 Å². The van der Waals surface area contributed by atoms with Gasteiger partial charge in [0.1, 0.15) is 5.76 Å². The number of nitrogens with zero attached hydrogens (tertiary/aromatic N) is 3. The number of rotatable bonds is 3. The van der Waals surface area contributed by atoms with Crippen LogP contribution >= 0.6 is 0 Å². The molecule has 25 heavy (non-hydrogen) atoms. The average molecular weight is 337 g/mol. The number of aryl methyl sites for hydroxylation is 1. The van der Waals surface area contributed by atoms with Crippen molar-refractivity contribution < 1.29 is 4.42 Å². The van der Waals surface area contributed by atoms with E-state index in [4.69, 9.17) is 10.2 Å². The van der Waals surface area contributed by atoms with E-state index in [-0.39, 0.29) is 11.5 Å². The van der Waals surface area contributed by atoms with Crippen molar-refractivity contribution in [3.8, 4) is 11.5 Å². The van der Waals surface area contributed by atoms with Gasteiger partial charge in [0.25, 0.3) is 5.56 Å². The highest BCUT2D eigenvalue weighted by molar-refractivity contribution is 5.53. The minimum Gasteiger partial charge on any atom is -0.441 e. The van der Waals surface area contributed by atoms with E-state index in [0.29, 0.717) is 31.0 Å². The second kappa shape index (κ2) is 6.18. The molecule has 128 valence electrons. The molecule has 0 aliphatic carbocycles. The normalized spacial score (nSPS) is 14.4. The number of oxazole rings is 1. The van der Waals surface area contributed by atoms with Gasteiger partial charge >= 0.3 is 0 Å². The molecule has 2 aromatic heterocycles. The van der Waals surface area contributed by atoms with Crippen molar-refractivity contribution in [2.24, 2.45) is 0 Å². The molecular weight excluding hydrogens is 318 g/mol. The van der Waals surface area contributed by atoms with Crippen LogP contribution in [0.5, 0.6) is 0 Å². The van der Waals surface area contributed by atoms with Crippen LogP contribution in [0, 0.1) is 6.92 Å². The molecule has 0 amide bonds. The Bertz CT molecular complexity index is 961. The summed E-state index contributed by atoms with van der Waals surface area (Å²) < 4.78 is 5.82. The predicted octanol–water partition coefficient (Wildman–Crippen LogP) is 1.87. The summed E-state index contributed by atoms with van der Waals surface area (Å²) in [7, 11) is 0. The fourth-order valence-electron chi connectivity index (χ4n) is 3.13. The van der Waals surface area contributed by atoms with Crippen molar-refractivity contribution in [2.45, 2.75) is 26.4 Å². The van der Waals surface area contributed by atoms with Gasteiger partial charge in [0, 0.05) is 31.6 Å². The maximum absolute atomic E-state index is 12.1. The number of hydrogen-bond donors (Lipinski definition) is 2. The zero-order chi connectivity index (χ0) is 17.4. The lowest BCUT2D eigenvalue weighted by molar-refractivity contribution is 0.238. The van der Waals surface area contributed by atoms with Crippen molar-refractivity contribution in [3.63, 3.8) is 0 Å². The molecule has 0 fully saturated rings. The minimum absolute atomic E-state index is 0.158. The van der Waals surface area contributed by atoms with Gasteiger partial charge in [0.2, 0.25) is 11.8 Å². The van der Waals surface area contributed by atoms with Crippen LogP contribution in [-0.2, 0) is 19.5 Å². The van der Waals surface area contributed by atoms with E-state index in [1.165, 1.54) is 0 Å². The molecular formula is C18H19N5O2. The molecule has 1 aromatic carbocycles. The van der Waals surface area contributed by atoms with Crippen LogP contribution in [0.3, 0.4) is 0 Å². The number of H-pyrrole nitrogens is 1. The summed E-state index contributed by atoms with van der Waals surface area (Å²) in [5.41, 5.74) is 8.78. The van der Waals surface area contributed by atoms with Gasteiger partial charge in [0.05, 0.1) is 17.0 Å². The first-order valence-electron chi connectivity index (χ1n) is 8.22. The Hall–Kier alpha value is -2.93. The molecule has 4 rings (SSSR count). The molecule has 0 unspecified atom stereocenters. The van der Waals surface area contributed by atoms with Crippen molar-refractivity contribution in [1.82, 2.24) is 19.9 Å². The molecule has 3 heterocycles. The van der Waals surface area contributed by atoms with Crippen LogP contribution in [-0.4, -0.2) is 26.4 Å². The van der Waals surface area contributed by atoms with Crippen LogP contribution in [0.4, 0.5) is 5.95 Å². The topological polar surface area (TPSA) is 101 Å². The number of fused-ring (bicyclic) bond motifs is 1. The maximum atomic E-state index is 12.1. The number of nitrogen functional groups attached to an aromatic ring is 1. The molecule has 3 N–H and O–H groups in total. The van der Waals surface area contributed by atoms with Gasteiger partial charge in [-0.25, -0.2) is 9.97 Å². The van der Waals surface area contributed by atoms with Gasteiger partial charge < -0.3 is 10.2 Å². The monoisotopic (exact) mass is 337 g/mol. The molecule has 0 saturated heterocycles. The summed E-state index contributed by atoms with van der Waals surface area (Å²) in [6.45, 7) is 3.88. The van der Waals surface area contributed by atoms with Gasteiger partial charge in [-0.3, -0.25) is 14.7 Å². The number of benzene rings is 1. The maximum Gasteiger partial charge on any atom is 0.257 e. The highest BCUT2D eigenvalue weighted by Crippen LogP contribution is 2.23. The van der Waals surface area contributed by atoms with Crippen molar-refractivity contribution in [3.05, 3.63) is 63.4 Å². The molecule has 1 aliphatic rings. The van der Waals surface area contributed by atoms with Gasteiger partial charge in [-0.2, -0.15) is 0 Å². The Morgan fingerprint density at radius 1 is 1.28 bits per heavy atom. The Balaban J connectivity index is 1.56. The minimum atomic E-state index is -0.158. The highest BCUT2D eigenvalue weighted by atomic mass is 16.4. The third kappa shape index (κ3) is 3.06. The Kier molecular flexibility index (Phi) is 3.85. The summed E-state index contributed by atoms with van der Waals surface area (Å²) >= 11 is 0. The van der Waals surface area contributed by atoms with E-state index in [0.717, 1.165) is 29.3 Å². The standard InChI is InChI=1S/C18H19N5O2/c1-11-15(20-17(25-11)12-5-3-2-4-6-12)10-23-8-7-14-13(9-23)16(24)22-18(19)21-14/h2-6H,7-10H2,1H3,(H3,19,21,22,24). The first-order chi connectivity index (χ1) is 12.1. The molecule has 0 spiro atoms. The van der Waals surface area contributed by atoms with Crippen molar-refractivity contribution in [2.75, 3.05) is 12.3 Å². The second-order valence-corrected chi connectivity index (χ2v) is 6.22. The van der Waals surface area contributed by atoms with Gasteiger partial charge in [-0.1, -0.05) is 18.2 Å². The molecule has 0 bridgehead atoms. The Morgan fingerprint density at radius 2 is 2.08 bits per heavy atom. The number of anilines is 1. The lowest BCUT2D eigenvalue weighted by Gasteiger charge is -2.26. The van der Waals surface area contributed by atoms with Crippen LogP contribution in [0.1, 0.15) is 22.7 Å². The van der Waals surface area contributed by atoms with Crippen molar-refractivity contribution in [1.29, 1.82) is 0 Å². The van der Waals surface area contributed by atoms with Crippen LogP contribution < -0.4 is 11.3 Å². The van der Waals surface area contributed by atoms with Gasteiger partial charge in [-0.15, -0.1) is 0 Å². The number of hydrogen-bond acceptors (Lipinski definition) is 6. The summed E-state index contributed by atoms with van der Waals surface area (Å²) in [5.74, 6) is 1.60. The number of nitrogens with one attached hydrogen (secondary N) is 1.